The molecule has 1 aromatic rings. The summed E-state index contributed by atoms with van der Waals surface area (Å²) in [5, 5.41) is 2.85. The van der Waals surface area contributed by atoms with E-state index in [1.165, 1.54) is 0 Å². The second-order valence-corrected chi connectivity index (χ2v) is 5.64. The number of hydrogen-bond donors (Lipinski definition) is 1. The van der Waals surface area contributed by atoms with E-state index in [2.05, 4.69) is 28.2 Å². The molecule has 0 radical (unpaired) electrons. The van der Waals surface area contributed by atoms with Gasteiger partial charge in [0.25, 0.3) is 0 Å². The average molecular weight is 325 g/mol. The topological polar surface area (TPSA) is 49.4 Å². The first-order chi connectivity index (χ1) is 9.08. The molecule has 2 amide bonds. The quantitative estimate of drug-likeness (QED) is 0.869. The Kier molecular flexibility index (Phi) is 4.24. The molecule has 1 heterocycles. The number of anilines is 1. The second kappa shape index (κ2) is 5.74. The Morgan fingerprint density at radius 3 is 2.89 bits per heavy atom. The molecule has 0 saturated carbocycles. The van der Waals surface area contributed by atoms with Crippen molar-refractivity contribution >= 4 is 33.9 Å². The molecule has 0 spiro atoms. The third-order valence-electron chi connectivity index (χ3n) is 3.58. The van der Waals surface area contributed by atoms with Gasteiger partial charge in [0.15, 0.2) is 0 Å². The van der Waals surface area contributed by atoms with Gasteiger partial charge in [0.05, 0.1) is 6.04 Å². The molecule has 1 N–H and O–H groups in total. The summed E-state index contributed by atoms with van der Waals surface area (Å²) in [6.45, 7) is 3.64. The van der Waals surface area contributed by atoms with E-state index in [9.17, 15) is 9.59 Å². The van der Waals surface area contributed by atoms with E-state index in [0.29, 0.717) is 0 Å². The van der Waals surface area contributed by atoms with Crippen LogP contribution in [-0.4, -0.2) is 18.4 Å². The number of hydrogen-bond acceptors (Lipinski definition) is 2. The molecule has 5 heteroatoms. The van der Waals surface area contributed by atoms with Gasteiger partial charge in [-0.3, -0.25) is 9.59 Å². The molecule has 102 valence electrons. The number of nitrogens with one attached hydrogen (secondary N) is 1. The Hall–Kier alpha value is -1.36. The molecule has 0 unspecified atom stereocenters. The minimum absolute atomic E-state index is 0.0365. The summed E-state index contributed by atoms with van der Waals surface area (Å²) in [6, 6.07) is 5.92. The highest BCUT2D eigenvalue weighted by Gasteiger charge is 2.33. The Balaban J connectivity index is 2.52. The maximum Gasteiger partial charge on any atom is 0.224 e. The van der Waals surface area contributed by atoms with Crippen LogP contribution in [0.2, 0.25) is 0 Å². The van der Waals surface area contributed by atoms with Crippen molar-refractivity contribution in [3.63, 3.8) is 0 Å². The highest BCUT2D eigenvalue weighted by atomic mass is 79.9. The molecule has 2 atom stereocenters. The van der Waals surface area contributed by atoms with Gasteiger partial charge in [-0.25, -0.2) is 0 Å². The molecule has 0 fully saturated rings. The van der Waals surface area contributed by atoms with Crippen molar-refractivity contribution in [2.24, 2.45) is 0 Å². The van der Waals surface area contributed by atoms with Gasteiger partial charge in [0.2, 0.25) is 12.3 Å². The lowest BCUT2D eigenvalue weighted by atomic mass is 9.90. The van der Waals surface area contributed by atoms with Crippen LogP contribution in [0.5, 0.6) is 0 Å². The van der Waals surface area contributed by atoms with Gasteiger partial charge in [-0.05, 0) is 36.6 Å². The van der Waals surface area contributed by atoms with Crippen LogP contribution in [0.25, 0.3) is 0 Å². The number of nitrogens with zero attached hydrogens (tertiary/aromatic N) is 1. The van der Waals surface area contributed by atoms with Gasteiger partial charge in [0.1, 0.15) is 0 Å². The van der Waals surface area contributed by atoms with E-state index in [1.807, 2.05) is 23.1 Å². The summed E-state index contributed by atoms with van der Waals surface area (Å²) in [6.07, 6.45) is 2.34. The summed E-state index contributed by atoms with van der Waals surface area (Å²) in [5.74, 6) is 0.0416. The van der Waals surface area contributed by atoms with Crippen LogP contribution in [0.15, 0.2) is 22.7 Å². The van der Waals surface area contributed by atoms with Crippen LogP contribution >= 0.6 is 15.9 Å². The monoisotopic (exact) mass is 324 g/mol. The number of rotatable bonds is 3. The van der Waals surface area contributed by atoms with Crippen LogP contribution in [0.4, 0.5) is 5.69 Å². The van der Waals surface area contributed by atoms with Crippen LogP contribution < -0.4 is 10.2 Å². The van der Waals surface area contributed by atoms with Crippen LogP contribution in [0.1, 0.15) is 38.3 Å². The van der Waals surface area contributed by atoms with Gasteiger partial charge < -0.3 is 10.2 Å². The number of carbonyl (C=O) groups excluding carboxylic acids is 2. The highest BCUT2D eigenvalue weighted by Crippen LogP contribution is 2.39. The van der Waals surface area contributed by atoms with Gasteiger partial charge in [-0.1, -0.05) is 22.9 Å². The smallest absolute Gasteiger partial charge is 0.224 e. The maximum absolute atomic E-state index is 11.9. The normalized spacial score (nSPS) is 21.7. The minimum atomic E-state index is -0.0365. The number of benzene rings is 1. The zero-order valence-corrected chi connectivity index (χ0v) is 12.6. The fourth-order valence-corrected chi connectivity index (χ4v) is 3.12. The molecule has 1 aliphatic rings. The van der Waals surface area contributed by atoms with Crippen molar-refractivity contribution in [3.05, 3.63) is 28.2 Å². The average Bonchev–Trinajstić information content (AvgIpc) is 2.38. The molecule has 1 aromatic carbocycles. The number of carbonyl (C=O) groups is 2. The predicted molar refractivity (Wildman–Crippen MR) is 77.9 cm³/mol. The summed E-state index contributed by atoms with van der Waals surface area (Å²) < 4.78 is 0.947. The zero-order valence-electron chi connectivity index (χ0n) is 11.0. The zero-order chi connectivity index (χ0) is 14.0. The Bertz CT molecular complexity index is 504. The molecule has 0 saturated heterocycles. The Morgan fingerprint density at radius 2 is 2.32 bits per heavy atom. The van der Waals surface area contributed by atoms with E-state index in [0.717, 1.165) is 35.0 Å². The highest BCUT2D eigenvalue weighted by molar-refractivity contribution is 9.10. The Labute approximate surface area is 121 Å². The van der Waals surface area contributed by atoms with E-state index in [4.69, 9.17) is 0 Å². The van der Waals surface area contributed by atoms with Crippen molar-refractivity contribution in [1.29, 1.82) is 0 Å². The summed E-state index contributed by atoms with van der Waals surface area (Å²) in [5.41, 5.74) is 1.88. The van der Waals surface area contributed by atoms with E-state index >= 15 is 0 Å². The van der Waals surface area contributed by atoms with Crippen molar-refractivity contribution in [3.8, 4) is 0 Å². The summed E-state index contributed by atoms with van der Waals surface area (Å²) in [7, 11) is 0. The van der Waals surface area contributed by atoms with Crippen molar-refractivity contribution in [2.45, 2.75) is 38.8 Å². The molecule has 4 nitrogen and oxygen atoms in total. The predicted octanol–water partition coefficient (Wildman–Crippen LogP) is 2.77. The number of halogens is 1. The van der Waals surface area contributed by atoms with E-state index in [-0.39, 0.29) is 18.0 Å². The van der Waals surface area contributed by atoms with Gasteiger partial charge >= 0.3 is 0 Å². The first kappa shape index (κ1) is 14.1. The fourth-order valence-electron chi connectivity index (χ4n) is 2.74. The van der Waals surface area contributed by atoms with E-state index in [1.54, 1.807) is 6.92 Å². The molecule has 2 rings (SSSR count). The lowest BCUT2D eigenvalue weighted by Gasteiger charge is -2.40. The first-order valence-electron chi connectivity index (χ1n) is 6.37. The fraction of sp³-hybridized carbons (Fsp3) is 0.429. The largest absolute Gasteiger partial charge is 0.352 e. The third kappa shape index (κ3) is 2.66. The SMILES string of the molecule is CC[C@H]1C[C@@H](NC=O)c2cc(Br)ccc2N1C(C)=O. The van der Waals surface area contributed by atoms with Crippen LogP contribution in [-0.2, 0) is 9.59 Å². The molecule has 1 aliphatic heterocycles. The molecule has 0 bridgehead atoms. The van der Waals surface area contributed by atoms with Gasteiger partial charge in [-0.2, -0.15) is 0 Å². The van der Waals surface area contributed by atoms with E-state index < -0.39 is 0 Å². The number of fused-ring (bicyclic) bond motifs is 1. The molecule has 19 heavy (non-hydrogen) atoms. The van der Waals surface area contributed by atoms with Crippen molar-refractivity contribution in [2.75, 3.05) is 4.90 Å². The standard InChI is InChI=1S/C14H17BrN2O2/c1-3-11-7-13(16-8-18)12-6-10(15)4-5-14(12)17(11)9(2)19/h4-6,8,11,13H,3,7H2,1-2H3,(H,16,18)/t11-,13+/m0/s1. The summed E-state index contributed by atoms with van der Waals surface area (Å²) in [4.78, 5) is 24.5. The molecular formula is C14H17BrN2O2. The first-order valence-corrected chi connectivity index (χ1v) is 7.16. The van der Waals surface area contributed by atoms with Crippen molar-refractivity contribution < 1.29 is 9.59 Å². The Morgan fingerprint density at radius 1 is 1.58 bits per heavy atom. The second-order valence-electron chi connectivity index (χ2n) is 4.73. The maximum atomic E-state index is 11.9. The third-order valence-corrected chi connectivity index (χ3v) is 4.07. The number of amides is 2. The van der Waals surface area contributed by atoms with Gasteiger partial charge in [0, 0.05) is 23.1 Å². The van der Waals surface area contributed by atoms with Crippen LogP contribution in [0.3, 0.4) is 0 Å². The van der Waals surface area contributed by atoms with Crippen LogP contribution in [0, 0.1) is 0 Å². The summed E-state index contributed by atoms with van der Waals surface area (Å²) >= 11 is 3.44. The minimum Gasteiger partial charge on any atom is -0.352 e. The lowest BCUT2D eigenvalue weighted by Crippen LogP contribution is -2.45. The van der Waals surface area contributed by atoms with Crippen molar-refractivity contribution in [1.82, 2.24) is 5.32 Å². The molecule has 0 aromatic heterocycles. The molecule has 0 aliphatic carbocycles. The van der Waals surface area contributed by atoms with Gasteiger partial charge in [-0.15, -0.1) is 0 Å². The molecular weight excluding hydrogens is 308 g/mol. The lowest BCUT2D eigenvalue weighted by molar-refractivity contribution is -0.117.